The van der Waals surface area contributed by atoms with E-state index in [1.54, 1.807) is 69.0 Å². The van der Waals surface area contributed by atoms with Crippen LogP contribution in [-0.4, -0.2) is 108 Å². The molecule has 1 fully saturated rings. The SMILES string of the molecule is NCCSSCCNC(=O)NCCCCNC(=O)Nc1cccc2c(C(=O)C(=O)N3CCN(C(=O)c4ccccc4)CC3)c[nH]c12. The Morgan fingerprint density at radius 2 is 1.41 bits per heavy atom. The molecule has 1 aliphatic rings. The molecule has 0 radical (unpaired) electrons. The first-order valence-electron chi connectivity index (χ1n) is 15.2. The number of aromatic nitrogens is 1. The highest BCUT2D eigenvalue weighted by Crippen LogP contribution is 2.26. The van der Waals surface area contributed by atoms with Crippen molar-refractivity contribution in [3.05, 3.63) is 65.9 Å². The van der Waals surface area contributed by atoms with Crippen molar-refractivity contribution in [3.8, 4) is 0 Å². The van der Waals surface area contributed by atoms with Crippen molar-refractivity contribution in [1.29, 1.82) is 0 Å². The highest BCUT2D eigenvalue weighted by Gasteiger charge is 2.30. The molecule has 2 heterocycles. The van der Waals surface area contributed by atoms with Crippen LogP contribution in [-0.2, 0) is 4.79 Å². The molecule has 0 bridgehead atoms. The Labute approximate surface area is 275 Å². The Bertz CT molecular complexity index is 1490. The number of anilines is 1. The van der Waals surface area contributed by atoms with Crippen LogP contribution in [0.2, 0.25) is 0 Å². The number of carbonyl (C=O) groups excluding carboxylic acids is 5. The van der Waals surface area contributed by atoms with E-state index in [0.29, 0.717) is 74.3 Å². The normalized spacial score (nSPS) is 12.9. The fourth-order valence-corrected chi connectivity index (χ4v) is 6.60. The number of urea groups is 2. The van der Waals surface area contributed by atoms with Gasteiger partial charge in [0.1, 0.15) is 0 Å². The number of H-pyrrole nitrogens is 1. The lowest BCUT2D eigenvalue weighted by Crippen LogP contribution is -2.52. The van der Waals surface area contributed by atoms with Gasteiger partial charge in [-0.1, -0.05) is 51.9 Å². The molecule has 0 atom stereocenters. The molecule has 6 amide bonds. The van der Waals surface area contributed by atoms with E-state index in [9.17, 15) is 24.0 Å². The lowest BCUT2D eigenvalue weighted by molar-refractivity contribution is -0.127. The Kier molecular flexibility index (Phi) is 13.6. The maximum absolute atomic E-state index is 13.2. The number of fused-ring (bicyclic) bond motifs is 1. The van der Waals surface area contributed by atoms with Crippen LogP contribution in [0.3, 0.4) is 0 Å². The van der Waals surface area contributed by atoms with Crippen molar-refractivity contribution in [2.45, 2.75) is 12.8 Å². The first-order chi connectivity index (χ1) is 22.4. The third-order valence-corrected chi connectivity index (χ3v) is 9.65. The number of piperazine rings is 1. The summed E-state index contributed by atoms with van der Waals surface area (Å²) < 4.78 is 0. The molecule has 46 heavy (non-hydrogen) atoms. The number of rotatable bonds is 15. The maximum Gasteiger partial charge on any atom is 0.319 e. The molecule has 0 aliphatic carbocycles. The monoisotopic (exact) mass is 668 g/mol. The molecule has 15 heteroatoms. The number of para-hydroxylation sites is 1. The summed E-state index contributed by atoms with van der Waals surface area (Å²) in [6.45, 7) is 3.31. The predicted molar refractivity (Wildman–Crippen MR) is 183 cm³/mol. The highest BCUT2D eigenvalue weighted by atomic mass is 33.1. The summed E-state index contributed by atoms with van der Waals surface area (Å²) in [5.74, 6) is 0.303. The van der Waals surface area contributed by atoms with Gasteiger partial charge in [0.05, 0.1) is 16.8 Å². The average Bonchev–Trinajstić information content (AvgIpc) is 3.52. The van der Waals surface area contributed by atoms with E-state index in [1.807, 2.05) is 6.07 Å². The molecule has 0 saturated carbocycles. The highest BCUT2D eigenvalue weighted by molar-refractivity contribution is 8.76. The topological polar surface area (TPSA) is 182 Å². The Morgan fingerprint density at radius 1 is 0.761 bits per heavy atom. The number of hydrogen-bond acceptors (Lipinski definition) is 8. The second kappa shape index (κ2) is 18.1. The molecule has 7 N–H and O–H groups in total. The fourth-order valence-electron chi connectivity index (χ4n) is 4.84. The van der Waals surface area contributed by atoms with Crippen LogP contribution >= 0.6 is 21.6 Å². The van der Waals surface area contributed by atoms with Crippen molar-refractivity contribution >= 4 is 67.8 Å². The smallest absolute Gasteiger partial charge is 0.319 e. The first-order valence-corrected chi connectivity index (χ1v) is 17.7. The molecule has 3 aromatic rings. The number of ketones is 1. The molecular weight excluding hydrogens is 629 g/mol. The number of unbranched alkanes of at least 4 members (excludes halogenated alkanes) is 1. The Hall–Kier alpha value is -4.21. The van der Waals surface area contributed by atoms with Gasteiger partial charge in [-0.3, -0.25) is 14.4 Å². The van der Waals surface area contributed by atoms with Crippen LogP contribution in [0.5, 0.6) is 0 Å². The second-order valence-electron chi connectivity index (χ2n) is 10.4. The lowest BCUT2D eigenvalue weighted by Gasteiger charge is -2.34. The van der Waals surface area contributed by atoms with Crippen LogP contribution in [0.15, 0.2) is 54.7 Å². The van der Waals surface area contributed by atoms with E-state index < -0.39 is 17.7 Å². The van der Waals surface area contributed by atoms with Gasteiger partial charge < -0.3 is 41.8 Å². The summed E-state index contributed by atoms with van der Waals surface area (Å²) in [5.41, 5.74) is 7.23. The van der Waals surface area contributed by atoms with Gasteiger partial charge in [-0.2, -0.15) is 0 Å². The zero-order chi connectivity index (χ0) is 32.7. The second-order valence-corrected chi connectivity index (χ2v) is 13.1. The minimum Gasteiger partial charge on any atom is -0.359 e. The van der Waals surface area contributed by atoms with Crippen molar-refractivity contribution < 1.29 is 24.0 Å². The quantitative estimate of drug-likeness (QED) is 0.0619. The summed E-state index contributed by atoms with van der Waals surface area (Å²) in [4.78, 5) is 69.6. The summed E-state index contributed by atoms with van der Waals surface area (Å²) in [7, 11) is 3.36. The Balaban J connectivity index is 1.18. The first kappa shape index (κ1) is 34.7. The summed E-state index contributed by atoms with van der Waals surface area (Å²) in [6.07, 6.45) is 2.84. The zero-order valence-electron chi connectivity index (χ0n) is 25.5. The Morgan fingerprint density at radius 3 is 2.13 bits per heavy atom. The van der Waals surface area contributed by atoms with Crippen LogP contribution in [0.4, 0.5) is 15.3 Å². The van der Waals surface area contributed by atoms with Gasteiger partial charge in [0.25, 0.3) is 17.6 Å². The molecule has 0 spiro atoms. The van der Waals surface area contributed by atoms with Gasteiger partial charge in [-0.25, -0.2) is 9.59 Å². The summed E-state index contributed by atoms with van der Waals surface area (Å²) in [5, 5.41) is 11.7. The van der Waals surface area contributed by atoms with E-state index in [-0.39, 0.29) is 30.6 Å². The maximum atomic E-state index is 13.2. The minimum absolute atomic E-state index is 0.101. The van der Waals surface area contributed by atoms with Crippen molar-refractivity contribution in [2.24, 2.45) is 5.73 Å². The van der Waals surface area contributed by atoms with E-state index >= 15 is 0 Å². The number of nitrogens with two attached hydrogens (primary N) is 1. The molecule has 1 aromatic heterocycles. The number of aromatic amines is 1. The number of carbonyl (C=O) groups is 5. The van der Waals surface area contributed by atoms with E-state index in [2.05, 4.69) is 26.3 Å². The van der Waals surface area contributed by atoms with Crippen LogP contribution in [0.1, 0.15) is 33.6 Å². The summed E-state index contributed by atoms with van der Waals surface area (Å²) in [6, 6.07) is 13.5. The zero-order valence-corrected chi connectivity index (χ0v) is 27.1. The molecule has 1 aliphatic heterocycles. The lowest BCUT2D eigenvalue weighted by atomic mass is 10.1. The van der Waals surface area contributed by atoms with E-state index in [0.717, 1.165) is 11.5 Å². The fraction of sp³-hybridized carbons (Fsp3) is 0.387. The molecule has 246 valence electrons. The number of hydrogen-bond donors (Lipinski definition) is 6. The van der Waals surface area contributed by atoms with Gasteiger partial charge >= 0.3 is 12.1 Å². The largest absolute Gasteiger partial charge is 0.359 e. The molecular formula is C31H40N8O5S2. The molecule has 4 rings (SSSR count). The van der Waals surface area contributed by atoms with Gasteiger partial charge in [0.2, 0.25) is 0 Å². The van der Waals surface area contributed by atoms with Crippen molar-refractivity contribution in [2.75, 3.05) is 69.2 Å². The van der Waals surface area contributed by atoms with Crippen LogP contribution in [0, 0.1) is 0 Å². The number of amides is 6. The van der Waals surface area contributed by atoms with Gasteiger partial charge in [-0.15, -0.1) is 0 Å². The number of nitrogens with one attached hydrogen (secondary N) is 5. The van der Waals surface area contributed by atoms with Gasteiger partial charge in [-0.05, 0) is 31.0 Å². The molecule has 0 unspecified atom stereocenters. The minimum atomic E-state index is -0.654. The number of Topliss-reactive ketones (excluding diaryl/α,β-unsaturated/α-hetero) is 1. The third-order valence-electron chi connectivity index (χ3n) is 7.21. The van der Waals surface area contributed by atoms with Gasteiger partial charge in [0, 0.05) is 81.0 Å². The molecule has 1 saturated heterocycles. The number of benzene rings is 2. The number of nitrogens with zero attached hydrogens (tertiary/aromatic N) is 2. The van der Waals surface area contributed by atoms with Crippen LogP contribution < -0.4 is 27.0 Å². The van der Waals surface area contributed by atoms with Gasteiger partial charge in [0.15, 0.2) is 0 Å². The van der Waals surface area contributed by atoms with Crippen LogP contribution in [0.25, 0.3) is 10.9 Å². The average molecular weight is 669 g/mol. The van der Waals surface area contributed by atoms with E-state index in [4.69, 9.17) is 5.73 Å². The van der Waals surface area contributed by atoms with E-state index in [1.165, 1.54) is 11.1 Å². The van der Waals surface area contributed by atoms with Crippen molar-refractivity contribution in [3.63, 3.8) is 0 Å². The molecule has 13 nitrogen and oxygen atoms in total. The third kappa shape index (κ3) is 9.89. The standard InChI is InChI=1S/C31H40N8O5S2/c32-11-19-45-46-20-14-35-30(43)33-12-4-5-13-34-31(44)37-25-10-6-9-23-24(21-36-26(23)25)27(40)29(42)39-17-15-38(16-18-39)28(41)22-7-2-1-3-8-22/h1-3,6-10,21,36H,4-5,11-20,32H2,(H2,33,35,43)(H2,34,37,44). The van der Waals surface area contributed by atoms with Crippen molar-refractivity contribution in [1.82, 2.24) is 30.7 Å². The molecule has 2 aromatic carbocycles. The predicted octanol–water partition coefficient (Wildman–Crippen LogP) is 2.88. The summed E-state index contributed by atoms with van der Waals surface area (Å²) >= 11 is 0.